The first-order chi connectivity index (χ1) is 11.5. The Kier molecular flexibility index (Phi) is 4.73. The predicted molar refractivity (Wildman–Crippen MR) is 91.4 cm³/mol. The van der Waals surface area contributed by atoms with E-state index in [1.165, 1.54) is 9.58 Å². The Hall–Kier alpha value is -2.12. The monoisotopic (exact) mass is 349 g/mol. The number of halogens is 1. The van der Waals surface area contributed by atoms with Gasteiger partial charge in [-0.15, -0.1) is 5.10 Å². The van der Waals surface area contributed by atoms with Crippen molar-refractivity contribution in [1.82, 2.24) is 19.7 Å². The normalized spacial score (nSPS) is 16.1. The lowest BCUT2D eigenvalue weighted by molar-refractivity contribution is 0.0261. The molecule has 0 bridgehead atoms. The molecule has 1 saturated carbocycles. The van der Waals surface area contributed by atoms with E-state index in [4.69, 9.17) is 11.6 Å². The van der Waals surface area contributed by atoms with Crippen LogP contribution in [-0.4, -0.2) is 50.0 Å². The maximum absolute atomic E-state index is 12.3. The summed E-state index contributed by atoms with van der Waals surface area (Å²) in [7, 11) is 1.66. The van der Waals surface area contributed by atoms with Crippen LogP contribution in [0, 0.1) is 0 Å². The summed E-state index contributed by atoms with van der Waals surface area (Å²) in [6.45, 7) is 0.311. The third-order valence-corrected chi connectivity index (χ3v) is 4.49. The molecule has 2 amide bonds. The predicted octanol–water partition coefficient (Wildman–Crippen LogP) is 2.69. The van der Waals surface area contributed by atoms with Crippen LogP contribution < -0.4 is 5.32 Å². The molecule has 1 aliphatic carbocycles. The van der Waals surface area contributed by atoms with E-state index in [0.717, 1.165) is 25.7 Å². The van der Waals surface area contributed by atoms with Crippen molar-refractivity contribution in [2.24, 2.45) is 0 Å². The second kappa shape index (κ2) is 6.78. The number of carbonyl (C=O) groups excluding carboxylic acids is 1. The fraction of sp³-hybridized carbons (Fsp3) is 0.438. The minimum absolute atomic E-state index is 0.311. The quantitative estimate of drug-likeness (QED) is 0.889. The van der Waals surface area contributed by atoms with E-state index >= 15 is 0 Å². The molecule has 0 saturated heterocycles. The topological polar surface area (TPSA) is 83.3 Å². The minimum Gasteiger partial charge on any atom is -0.388 e. The number of amides is 2. The molecule has 3 rings (SSSR count). The molecule has 0 unspecified atom stereocenters. The number of rotatable bonds is 4. The van der Waals surface area contributed by atoms with Crippen molar-refractivity contribution in [2.45, 2.75) is 31.3 Å². The van der Waals surface area contributed by atoms with Gasteiger partial charge in [-0.2, -0.15) is 0 Å². The number of nitrogens with zero attached hydrogens (tertiary/aromatic N) is 4. The number of pyridine rings is 1. The Labute approximate surface area is 145 Å². The van der Waals surface area contributed by atoms with Crippen molar-refractivity contribution in [3.05, 3.63) is 35.6 Å². The zero-order valence-corrected chi connectivity index (χ0v) is 14.2. The zero-order valence-electron chi connectivity index (χ0n) is 13.4. The summed E-state index contributed by atoms with van der Waals surface area (Å²) in [5.74, 6) is 0.889. The molecular formula is C16H20ClN5O2. The highest BCUT2D eigenvalue weighted by atomic mass is 35.5. The maximum Gasteiger partial charge on any atom is 0.322 e. The fourth-order valence-corrected chi connectivity index (χ4v) is 3.17. The highest BCUT2D eigenvalue weighted by Crippen LogP contribution is 2.30. The van der Waals surface area contributed by atoms with Crippen LogP contribution in [0.15, 0.2) is 30.6 Å². The van der Waals surface area contributed by atoms with Crippen molar-refractivity contribution in [3.63, 3.8) is 0 Å². The van der Waals surface area contributed by atoms with E-state index in [0.29, 0.717) is 23.2 Å². The molecule has 2 aromatic rings. The number of carbonyl (C=O) groups is 1. The van der Waals surface area contributed by atoms with Crippen LogP contribution in [0.1, 0.15) is 25.7 Å². The Morgan fingerprint density at radius 3 is 2.92 bits per heavy atom. The molecule has 0 aliphatic heterocycles. The van der Waals surface area contributed by atoms with Gasteiger partial charge in [0.2, 0.25) is 0 Å². The number of likely N-dealkylation sites (N-methyl/N-ethyl adjacent to an activating group) is 1. The van der Waals surface area contributed by atoms with Gasteiger partial charge in [0.05, 0.1) is 17.2 Å². The number of anilines is 1. The van der Waals surface area contributed by atoms with Crippen LogP contribution in [0.5, 0.6) is 0 Å². The Balaban J connectivity index is 1.64. The SMILES string of the molecule is CN(CC1(O)CCCC1)C(=O)Nc1ccn(-c2ncccc2Cl)n1. The zero-order chi connectivity index (χ0) is 17.2. The third kappa shape index (κ3) is 3.68. The number of nitrogens with one attached hydrogen (secondary N) is 1. The number of aliphatic hydroxyl groups is 1. The summed E-state index contributed by atoms with van der Waals surface area (Å²) in [4.78, 5) is 17.9. The van der Waals surface area contributed by atoms with E-state index in [-0.39, 0.29) is 6.03 Å². The van der Waals surface area contributed by atoms with Gasteiger partial charge in [0.25, 0.3) is 0 Å². The molecular weight excluding hydrogens is 330 g/mol. The largest absolute Gasteiger partial charge is 0.388 e. The lowest BCUT2D eigenvalue weighted by atomic mass is 10.0. The Bertz CT molecular complexity index is 727. The second-order valence-electron chi connectivity index (χ2n) is 6.17. The van der Waals surface area contributed by atoms with Gasteiger partial charge in [0.15, 0.2) is 11.6 Å². The van der Waals surface area contributed by atoms with Crippen LogP contribution in [-0.2, 0) is 0 Å². The molecule has 7 nitrogen and oxygen atoms in total. The lowest BCUT2D eigenvalue weighted by Crippen LogP contribution is -2.43. The minimum atomic E-state index is -0.771. The molecule has 2 heterocycles. The summed E-state index contributed by atoms with van der Waals surface area (Å²) in [5, 5.41) is 17.8. The van der Waals surface area contributed by atoms with Crippen molar-refractivity contribution in [1.29, 1.82) is 0 Å². The average molecular weight is 350 g/mol. The van der Waals surface area contributed by atoms with Gasteiger partial charge in [-0.25, -0.2) is 14.5 Å². The van der Waals surface area contributed by atoms with Gasteiger partial charge >= 0.3 is 6.03 Å². The first kappa shape index (κ1) is 16.7. The summed E-state index contributed by atoms with van der Waals surface area (Å²) in [6, 6.07) is 4.81. The summed E-state index contributed by atoms with van der Waals surface area (Å²) >= 11 is 6.09. The van der Waals surface area contributed by atoms with Crippen molar-refractivity contribution < 1.29 is 9.90 Å². The molecule has 128 valence electrons. The van der Waals surface area contributed by atoms with Crippen LogP contribution in [0.2, 0.25) is 5.02 Å². The first-order valence-corrected chi connectivity index (χ1v) is 8.26. The molecule has 2 N–H and O–H groups in total. The van der Waals surface area contributed by atoms with Gasteiger partial charge in [-0.05, 0) is 25.0 Å². The molecule has 2 aromatic heterocycles. The smallest absolute Gasteiger partial charge is 0.322 e. The molecule has 1 aliphatic rings. The van der Waals surface area contributed by atoms with Crippen LogP contribution >= 0.6 is 11.6 Å². The fourth-order valence-electron chi connectivity index (χ4n) is 2.96. The standard InChI is InChI=1S/C16H20ClN5O2/c1-21(11-16(24)7-2-3-8-16)15(23)19-13-6-10-22(20-13)14-12(17)5-4-9-18-14/h4-6,9-10,24H,2-3,7-8,11H2,1H3,(H,19,20,23). The van der Waals surface area contributed by atoms with Crippen molar-refractivity contribution >= 4 is 23.4 Å². The van der Waals surface area contributed by atoms with Crippen LogP contribution in [0.3, 0.4) is 0 Å². The number of aromatic nitrogens is 3. The van der Waals surface area contributed by atoms with Gasteiger partial charge in [-0.3, -0.25) is 5.32 Å². The Morgan fingerprint density at radius 2 is 2.21 bits per heavy atom. The second-order valence-corrected chi connectivity index (χ2v) is 6.58. The molecule has 0 atom stereocenters. The summed E-state index contributed by atoms with van der Waals surface area (Å²) in [6.07, 6.45) is 6.77. The molecule has 8 heteroatoms. The van der Waals surface area contributed by atoms with E-state index in [1.54, 1.807) is 37.6 Å². The van der Waals surface area contributed by atoms with Crippen molar-refractivity contribution in [2.75, 3.05) is 18.9 Å². The van der Waals surface area contributed by atoms with Gasteiger partial charge in [0.1, 0.15) is 0 Å². The van der Waals surface area contributed by atoms with Crippen LogP contribution in [0.4, 0.5) is 10.6 Å². The summed E-state index contributed by atoms with van der Waals surface area (Å²) in [5.41, 5.74) is -0.771. The average Bonchev–Trinajstić information content (AvgIpc) is 3.17. The first-order valence-electron chi connectivity index (χ1n) is 7.88. The number of hydrogen-bond donors (Lipinski definition) is 2. The lowest BCUT2D eigenvalue weighted by Gasteiger charge is -2.28. The number of urea groups is 1. The highest BCUT2D eigenvalue weighted by molar-refractivity contribution is 6.32. The van der Waals surface area contributed by atoms with Crippen LogP contribution in [0.25, 0.3) is 5.82 Å². The third-order valence-electron chi connectivity index (χ3n) is 4.19. The number of hydrogen-bond acceptors (Lipinski definition) is 4. The molecule has 0 radical (unpaired) electrons. The van der Waals surface area contributed by atoms with E-state index in [9.17, 15) is 9.90 Å². The van der Waals surface area contributed by atoms with E-state index < -0.39 is 5.60 Å². The molecule has 24 heavy (non-hydrogen) atoms. The van der Waals surface area contributed by atoms with Gasteiger partial charge in [-0.1, -0.05) is 24.4 Å². The molecule has 1 fully saturated rings. The maximum atomic E-state index is 12.3. The van der Waals surface area contributed by atoms with Crippen molar-refractivity contribution in [3.8, 4) is 5.82 Å². The molecule has 0 spiro atoms. The highest BCUT2D eigenvalue weighted by Gasteiger charge is 2.33. The summed E-state index contributed by atoms with van der Waals surface area (Å²) < 4.78 is 1.50. The van der Waals surface area contributed by atoms with Gasteiger partial charge in [0, 0.05) is 25.5 Å². The van der Waals surface area contributed by atoms with E-state index in [2.05, 4.69) is 15.4 Å². The Morgan fingerprint density at radius 1 is 1.46 bits per heavy atom. The molecule has 0 aromatic carbocycles. The van der Waals surface area contributed by atoms with Gasteiger partial charge < -0.3 is 10.0 Å². The van der Waals surface area contributed by atoms with E-state index in [1.807, 2.05) is 0 Å².